The lowest BCUT2D eigenvalue weighted by molar-refractivity contribution is -0.0630. The van der Waals surface area contributed by atoms with Gasteiger partial charge in [-0.3, -0.25) is 0 Å². The molecule has 0 saturated heterocycles. The second-order valence-electron chi connectivity index (χ2n) is 7.11. The van der Waals surface area contributed by atoms with Gasteiger partial charge < -0.3 is 15.3 Å². The summed E-state index contributed by atoms with van der Waals surface area (Å²) >= 11 is 0. The minimum absolute atomic E-state index is 0.0284. The van der Waals surface area contributed by atoms with Crippen LogP contribution in [0.2, 0.25) is 0 Å². The largest absolute Gasteiger partial charge is 0.512 e. The zero-order chi connectivity index (χ0) is 19.6. The Labute approximate surface area is 156 Å². The van der Waals surface area contributed by atoms with Crippen molar-refractivity contribution in [3.63, 3.8) is 0 Å². The third-order valence-electron chi connectivity index (χ3n) is 4.86. The summed E-state index contributed by atoms with van der Waals surface area (Å²) in [5, 5.41) is 14.1. The van der Waals surface area contributed by atoms with Gasteiger partial charge in [0.05, 0.1) is 18.8 Å². The Morgan fingerprint density at radius 3 is 2.74 bits per heavy atom. The van der Waals surface area contributed by atoms with E-state index in [9.17, 15) is 18.3 Å². The molecule has 0 spiro atoms. The van der Waals surface area contributed by atoms with Gasteiger partial charge in [0.1, 0.15) is 11.5 Å². The average molecular weight is 380 g/mol. The van der Waals surface area contributed by atoms with Gasteiger partial charge >= 0.3 is 6.18 Å². The zero-order valence-electron chi connectivity index (χ0n) is 15.0. The molecule has 0 radical (unpaired) electrons. The first-order chi connectivity index (χ1) is 12.8. The molecule has 0 aromatic rings. The third kappa shape index (κ3) is 4.35. The number of hydrazone groups is 1. The molecule has 4 nitrogen and oxygen atoms in total. The van der Waals surface area contributed by atoms with E-state index < -0.39 is 23.8 Å². The molecule has 4 unspecified atom stereocenters. The zero-order valence-corrected chi connectivity index (χ0v) is 15.0. The van der Waals surface area contributed by atoms with Gasteiger partial charge in [-0.25, -0.2) is 0 Å². The molecule has 3 rings (SSSR count). The number of alkyl halides is 3. The van der Waals surface area contributed by atoms with E-state index in [0.29, 0.717) is 18.6 Å². The minimum atomic E-state index is -4.52. The molecule has 0 saturated carbocycles. The lowest BCUT2D eigenvalue weighted by Crippen LogP contribution is -2.41. The van der Waals surface area contributed by atoms with E-state index in [1.807, 2.05) is 19.1 Å². The molecule has 0 amide bonds. The van der Waals surface area contributed by atoms with Crippen LogP contribution in [0.1, 0.15) is 19.8 Å². The summed E-state index contributed by atoms with van der Waals surface area (Å²) in [7, 11) is 0. The molecule has 0 aromatic carbocycles. The lowest BCUT2D eigenvalue weighted by Gasteiger charge is -2.31. The maximum absolute atomic E-state index is 13.5. The normalized spacial score (nSPS) is 30.4. The SMILES string of the molecule is C=C(C)COC1C=CC(C2NN=C(C(F)(F)F)C2C2C=CC=CC2)=C(O)C1. The lowest BCUT2D eigenvalue weighted by atomic mass is 9.76. The van der Waals surface area contributed by atoms with Crippen LogP contribution in [-0.2, 0) is 4.74 Å². The standard InChI is InChI=1S/C20H23F3N2O2/c1-12(2)11-27-14-8-9-15(16(26)10-14)18-17(13-6-4-3-5-7-13)19(25-24-18)20(21,22)23/h3-6,8-9,13-14,17-18,24,26H,1,7,10-11H2,2H3. The first kappa shape index (κ1) is 19.5. The molecule has 1 aliphatic heterocycles. The van der Waals surface area contributed by atoms with Crippen molar-refractivity contribution in [3.8, 4) is 0 Å². The molecule has 146 valence electrons. The summed E-state index contributed by atoms with van der Waals surface area (Å²) < 4.78 is 46.1. The van der Waals surface area contributed by atoms with E-state index >= 15 is 0 Å². The van der Waals surface area contributed by atoms with Gasteiger partial charge in [0.2, 0.25) is 0 Å². The summed E-state index contributed by atoms with van der Waals surface area (Å²) in [5.41, 5.74) is 3.07. The fourth-order valence-corrected chi connectivity index (χ4v) is 3.61. The Kier molecular flexibility index (Phi) is 5.60. The van der Waals surface area contributed by atoms with Crippen LogP contribution < -0.4 is 5.43 Å². The highest BCUT2D eigenvalue weighted by molar-refractivity contribution is 5.94. The summed E-state index contributed by atoms with van der Waals surface area (Å²) in [6, 6.07) is -0.735. The first-order valence-electron chi connectivity index (χ1n) is 8.87. The van der Waals surface area contributed by atoms with E-state index in [-0.39, 0.29) is 24.2 Å². The average Bonchev–Trinajstić information content (AvgIpc) is 3.06. The summed E-state index contributed by atoms with van der Waals surface area (Å²) in [4.78, 5) is 0. The number of nitrogens with one attached hydrogen (secondary N) is 1. The van der Waals surface area contributed by atoms with Crippen LogP contribution in [0, 0.1) is 11.8 Å². The Balaban J connectivity index is 1.82. The van der Waals surface area contributed by atoms with Gasteiger partial charge in [-0.05, 0) is 19.3 Å². The van der Waals surface area contributed by atoms with Crippen LogP contribution in [0.25, 0.3) is 0 Å². The molecule has 3 aliphatic rings. The number of allylic oxidation sites excluding steroid dienone is 4. The predicted octanol–water partition coefficient (Wildman–Crippen LogP) is 4.36. The van der Waals surface area contributed by atoms with Crippen molar-refractivity contribution >= 4 is 5.71 Å². The highest BCUT2D eigenvalue weighted by Gasteiger charge is 2.50. The van der Waals surface area contributed by atoms with Gasteiger partial charge in [0, 0.05) is 17.9 Å². The predicted molar refractivity (Wildman–Crippen MR) is 98.3 cm³/mol. The van der Waals surface area contributed by atoms with Crippen molar-refractivity contribution in [1.82, 2.24) is 5.43 Å². The summed E-state index contributed by atoms with van der Waals surface area (Å²) in [5.74, 6) is -1.22. The van der Waals surface area contributed by atoms with Gasteiger partial charge in [-0.15, -0.1) is 0 Å². The van der Waals surface area contributed by atoms with E-state index in [2.05, 4.69) is 17.1 Å². The molecular formula is C20H23F3N2O2. The number of aliphatic hydroxyl groups is 1. The molecule has 1 heterocycles. The molecule has 2 N–H and O–H groups in total. The molecule has 0 bridgehead atoms. The number of hydrogen-bond acceptors (Lipinski definition) is 4. The molecule has 7 heteroatoms. The second-order valence-corrected chi connectivity index (χ2v) is 7.11. The van der Waals surface area contributed by atoms with E-state index in [0.717, 1.165) is 5.57 Å². The van der Waals surface area contributed by atoms with Crippen molar-refractivity contribution < 1.29 is 23.0 Å². The molecule has 0 fully saturated rings. The molecule has 27 heavy (non-hydrogen) atoms. The number of nitrogens with zero attached hydrogens (tertiary/aromatic N) is 1. The van der Waals surface area contributed by atoms with Crippen LogP contribution in [0.15, 0.2) is 65.0 Å². The van der Waals surface area contributed by atoms with Crippen molar-refractivity contribution in [3.05, 3.63) is 59.9 Å². The van der Waals surface area contributed by atoms with E-state index in [4.69, 9.17) is 4.74 Å². The van der Waals surface area contributed by atoms with Crippen LogP contribution in [-0.4, -0.2) is 35.7 Å². The second kappa shape index (κ2) is 7.76. The Morgan fingerprint density at radius 2 is 2.15 bits per heavy atom. The fraction of sp³-hybridized carbons (Fsp3) is 0.450. The number of ether oxygens (including phenoxy) is 1. The Bertz CT molecular complexity index is 747. The smallest absolute Gasteiger partial charge is 0.431 e. The van der Waals surface area contributed by atoms with Gasteiger partial charge in [0.25, 0.3) is 0 Å². The van der Waals surface area contributed by atoms with Crippen LogP contribution in [0.3, 0.4) is 0 Å². The highest BCUT2D eigenvalue weighted by Crippen LogP contribution is 2.39. The number of aliphatic hydroxyl groups excluding tert-OH is 1. The van der Waals surface area contributed by atoms with Crippen molar-refractivity contribution in [2.24, 2.45) is 16.9 Å². The van der Waals surface area contributed by atoms with Crippen molar-refractivity contribution in [2.75, 3.05) is 6.61 Å². The summed E-state index contributed by atoms with van der Waals surface area (Å²) in [6.07, 6.45) is 6.46. The molecular weight excluding hydrogens is 357 g/mol. The van der Waals surface area contributed by atoms with Crippen LogP contribution in [0.5, 0.6) is 0 Å². The van der Waals surface area contributed by atoms with Crippen molar-refractivity contribution in [2.45, 2.75) is 38.1 Å². The summed E-state index contributed by atoms with van der Waals surface area (Å²) in [6.45, 7) is 5.96. The Morgan fingerprint density at radius 1 is 1.37 bits per heavy atom. The minimum Gasteiger partial charge on any atom is -0.512 e. The Hall–Kier alpha value is -2.28. The maximum Gasteiger partial charge on any atom is 0.431 e. The topological polar surface area (TPSA) is 53.8 Å². The maximum atomic E-state index is 13.5. The molecule has 4 atom stereocenters. The monoisotopic (exact) mass is 380 g/mol. The molecule has 0 aromatic heterocycles. The highest BCUT2D eigenvalue weighted by atomic mass is 19.4. The van der Waals surface area contributed by atoms with E-state index in [1.54, 1.807) is 24.3 Å². The fourth-order valence-electron chi connectivity index (χ4n) is 3.61. The van der Waals surface area contributed by atoms with Crippen LogP contribution >= 0.6 is 0 Å². The number of halogens is 3. The van der Waals surface area contributed by atoms with Crippen molar-refractivity contribution in [1.29, 1.82) is 0 Å². The first-order valence-corrected chi connectivity index (χ1v) is 8.87. The van der Waals surface area contributed by atoms with Gasteiger partial charge in [-0.2, -0.15) is 18.3 Å². The van der Waals surface area contributed by atoms with E-state index in [1.165, 1.54) is 0 Å². The number of rotatable bonds is 5. The van der Waals surface area contributed by atoms with Crippen LogP contribution in [0.4, 0.5) is 13.2 Å². The number of hydrogen-bond donors (Lipinski definition) is 2. The molecule has 2 aliphatic carbocycles. The van der Waals surface area contributed by atoms with Gasteiger partial charge in [0.15, 0.2) is 0 Å². The van der Waals surface area contributed by atoms with Gasteiger partial charge in [-0.1, -0.05) is 48.6 Å². The third-order valence-corrected chi connectivity index (χ3v) is 4.86. The quantitative estimate of drug-likeness (QED) is 0.697.